The monoisotopic (exact) mass is 231 g/mol. The molecule has 0 unspecified atom stereocenters. The lowest BCUT2D eigenvalue weighted by Gasteiger charge is -2.25. The number of fused-ring (bicyclic) bond motifs is 1. The van der Waals surface area contributed by atoms with Gasteiger partial charge in [-0.25, -0.2) is 0 Å². The molecule has 2 heteroatoms. The van der Waals surface area contributed by atoms with Crippen molar-refractivity contribution in [1.29, 1.82) is 0 Å². The summed E-state index contributed by atoms with van der Waals surface area (Å²) in [4.78, 5) is 2.28. The highest BCUT2D eigenvalue weighted by Crippen LogP contribution is 2.46. The zero-order valence-electron chi connectivity index (χ0n) is 11.0. The van der Waals surface area contributed by atoms with Crippen LogP contribution in [0.1, 0.15) is 26.3 Å². The third-order valence-electron chi connectivity index (χ3n) is 3.58. The van der Waals surface area contributed by atoms with Gasteiger partial charge in [-0.05, 0) is 18.6 Å². The summed E-state index contributed by atoms with van der Waals surface area (Å²) in [5, 5.41) is 0. The SMILES string of the molecule is C=C1N(CCOCC)c2ccccc2C1(C)C. The summed E-state index contributed by atoms with van der Waals surface area (Å²) in [5.41, 5.74) is 3.84. The predicted octanol–water partition coefficient (Wildman–Crippen LogP) is 3.33. The lowest BCUT2D eigenvalue weighted by Crippen LogP contribution is -2.28. The van der Waals surface area contributed by atoms with Gasteiger partial charge in [0.1, 0.15) is 0 Å². The standard InChI is InChI=1S/C15H21NO/c1-5-17-11-10-16-12(2)15(3,4)13-8-6-7-9-14(13)16/h6-9H,2,5,10-11H2,1,3-4H3. The number of para-hydroxylation sites is 1. The normalized spacial score (nSPS) is 17.4. The molecule has 0 aliphatic carbocycles. The number of anilines is 1. The number of rotatable bonds is 4. The number of nitrogens with zero attached hydrogens (tertiary/aromatic N) is 1. The van der Waals surface area contributed by atoms with Crippen LogP contribution in [-0.2, 0) is 10.2 Å². The third-order valence-corrected chi connectivity index (χ3v) is 3.58. The van der Waals surface area contributed by atoms with Gasteiger partial charge in [-0.3, -0.25) is 0 Å². The van der Waals surface area contributed by atoms with E-state index in [1.54, 1.807) is 0 Å². The zero-order chi connectivity index (χ0) is 12.5. The van der Waals surface area contributed by atoms with Crippen LogP contribution in [0, 0.1) is 0 Å². The number of ether oxygens (including phenoxy) is 1. The first-order valence-corrected chi connectivity index (χ1v) is 6.23. The first-order valence-electron chi connectivity index (χ1n) is 6.23. The molecular formula is C15H21NO. The smallest absolute Gasteiger partial charge is 0.0645 e. The van der Waals surface area contributed by atoms with E-state index >= 15 is 0 Å². The Morgan fingerprint density at radius 1 is 1.29 bits per heavy atom. The summed E-state index contributed by atoms with van der Waals surface area (Å²) < 4.78 is 5.44. The molecule has 0 saturated heterocycles. The molecule has 1 heterocycles. The molecule has 0 saturated carbocycles. The molecule has 0 bridgehead atoms. The van der Waals surface area contributed by atoms with E-state index in [1.165, 1.54) is 16.9 Å². The van der Waals surface area contributed by atoms with E-state index in [9.17, 15) is 0 Å². The molecule has 0 fully saturated rings. The quantitative estimate of drug-likeness (QED) is 0.737. The van der Waals surface area contributed by atoms with Crippen molar-refractivity contribution in [3.8, 4) is 0 Å². The molecule has 17 heavy (non-hydrogen) atoms. The van der Waals surface area contributed by atoms with Crippen LogP contribution in [0.25, 0.3) is 0 Å². The zero-order valence-corrected chi connectivity index (χ0v) is 11.0. The van der Waals surface area contributed by atoms with Gasteiger partial charge < -0.3 is 9.64 Å². The van der Waals surface area contributed by atoms with Crippen molar-refractivity contribution in [3.05, 3.63) is 42.1 Å². The van der Waals surface area contributed by atoms with Crippen LogP contribution in [0.4, 0.5) is 5.69 Å². The minimum Gasteiger partial charge on any atom is -0.380 e. The average Bonchev–Trinajstić information content (AvgIpc) is 2.51. The molecule has 0 radical (unpaired) electrons. The summed E-state index contributed by atoms with van der Waals surface area (Å²) in [6, 6.07) is 8.55. The van der Waals surface area contributed by atoms with Crippen molar-refractivity contribution < 1.29 is 4.74 Å². The van der Waals surface area contributed by atoms with Crippen LogP contribution in [-0.4, -0.2) is 19.8 Å². The number of hydrogen-bond acceptors (Lipinski definition) is 2. The predicted molar refractivity (Wildman–Crippen MR) is 72.4 cm³/mol. The van der Waals surface area contributed by atoms with Gasteiger partial charge >= 0.3 is 0 Å². The second-order valence-corrected chi connectivity index (χ2v) is 4.94. The third kappa shape index (κ3) is 1.98. The van der Waals surface area contributed by atoms with Crippen LogP contribution < -0.4 is 4.90 Å². The summed E-state index contributed by atoms with van der Waals surface area (Å²) in [6.07, 6.45) is 0. The molecule has 0 N–H and O–H groups in total. The van der Waals surface area contributed by atoms with E-state index in [2.05, 4.69) is 49.6 Å². The van der Waals surface area contributed by atoms with E-state index in [-0.39, 0.29) is 5.41 Å². The minimum absolute atomic E-state index is 0.0306. The minimum atomic E-state index is 0.0306. The van der Waals surface area contributed by atoms with Gasteiger partial charge in [0.25, 0.3) is 0 Å². The molecule has 2 rings (SSSR count). The van der Waals surface area contributed by atoms with Crippen LogP contribution in [0.3, 0.4) is 0 Å². The van der Waals surface area contributed by atoms with Gasteiger partial charge in [-0.15, -0.1) is 0 Å². The summed E-state index contributed by atoms with van der Waals surface area (Å²) in [5.74, 6) is 0. The van der Waals surface area contributed by atoms with Gasteiger partial charge in [0, 0.05) is 30.0 Å². The van der Waals surface area contributed by atoms with Crippen molar-refractivity contribution in [2.24, 2.45) is 0 Å². The maximum Gasteiger partial charge on any atom is 0.0645 e. The second-order valence-electron chi connectivity index (χ2n) is 4.94. The highest BCUT2D eigenvalue weighted by molar-refractivity contribution is 5.69. The number of hydrogen-bond donors (Lipinski definition) is 0. The van der Waals surface area contributed by atoms with Gasteiger partial charge in [0.15, 0.2) is 0 Å². The summed E-state index contributed by atoms with van der Waals surface area (Å²) in [7, 11) is 0. The largest absolute Gasteiger partial charge is 0.380 e. The Kier molecular flexibility index (Phi) is 3.25. The lowest BCUT2D eigenvalue weighted by molar-refractivity contribution is 0.155. The van der Waals surface area contributed by atoms with Gasteiger partial charge in [0.05, 0.1) is 6.61 Å². The molecule has 1 aromatic carbocycles. The maximum absolute atomic E-state index is 5.44. The lowest BCUT2D eigenvalue weighted by atomic mass is 9.85. The molecule has 1 aliphatic rings. The molecule has 0 atom stereocenters. The first-order chi connectivity index (χ1) is 8.09. The topological polar surface area (TPSA) is 12.5 Å². The Labute approximate surface area is 104 Å². The number of allylic oxidation sites excluding steroid dienone is 1. The second kappa shape index (κ2) is 4.53. The molecule has 0 spiro atoms. The van der Waals surface area contributed by atoms with Gasteiger partial charge in [0.2, 0.25) is 0 Å². The Morgan fingerprint density at radius 3 is 2.71 bits per heavy atom. The molecule has 2 nitrogen and oxygen atoms in total. The van der Waals surface area contributed by atoms with Crippen LogP contribution >= 0.6 is 0 Å². The highest BCUT2D eigenvalue weighted by Gasteiger charge is 2.38. The van der Waals surface area contributed by atoms with Gasteiger partial charge in [-0.2, -0.15) is 0 Å². The van der Waals surface area contributed by atoms with Crippen LogP contribution in [0.5, 0.6) is 0 Å². The fraction of sp³-hybridized carbons (Fsp3) is 0.467. The summed E-state index contributed by atoms with van der Waals surface area (Å²) >= 11 is 0. The average molecular weight is 231 g/mol. The van der Waals surface area contributed by atoms with Crippen LogP contribution in [0.15, 0.2) is 36.5 Å². The summed E-state index contributed by atoms with van der Waals surface area (Å²) in [6.45, 7) is 13.1. The van der Waals surface area contributed by atoms with E-state index in [0.717, 1.165) is 19.8 Å². The van der Waals surface area contributed by atoms with Crippen molar-refractivity contribution in [2.75, 3.05) is 24.7 Å². The Morgan fingerprint density at radius 2 is 2.00 bits per heavy atom. The van der Waals surface area contributed by atoms with E-state index in [0.29, 0.717) is 0 Å². The maximum atomic E-state index is 5.44. The molecule has 0 aromatic heterocycles. The van der Waals surface area contributed by atoms with Crippen LogP contribution in [0.2, 0.25) is 0 Å². The Balaban J connectivity index is 2.27. The first kappa shape index (κ1) is 12.2. The van der Waals surface area contributed by atoms with E-state index in [1.807, 2.05) is 6.92 Å². The fourth-order valence-corrected chi connectivity index (χ4v) is 2.43. The van der Waals surface area contributed by atoms with E-state index < -0.39 is 0 Å². The number of benzene rings is 1. The van der Waals surface area contributed by atoms with Crippen molar-refractivity contribution in [1.82, 2.24) is 0 Å². The van der Waals surface area contributed by atoms with Gasteiger partial charge in [-0.1, -0.05) is 38.6 Å². The van der Waals surface area contributed by atoms with Crippen molar-refractivity contribution in [3.63, 3.8) is 0 Å². The van der Waals surface area contributed by atoms with Crippen molar-refractivity contribution in [2.45, 2.75) is 26.2 Å². The Hall–Kier alpha value is -1.28. The van der Waals surface area contributed by atoms with Crippen molar-refractivity contribution >= 4 is 5.69 Å². The highest BCUT2D eigenvalue weighted by atomic mass is 16.5. The Bertz CT molecular complexity index is 423. The molecule has 1 aromatic rings. The van der Waals surface area contributed by atoms with E-state index in [4.69, 9.17) is 4.74 Å². The molecule has 1 aliphatic heterocycles. The molecule has 0 amide bonds. The fourth-order valence-electron chi connectivity index (χ4n) is 2.43. The molecular weight excluding hydrogens is 210 g/mol. The molecule has 92 valence electrons.